The summed E-state index contributed by atoms with van der Waals surface area (Å²) >= 11 is 13.4. The van der Waals surface area contributed by atoms with Crippen LogP contribution < -0.4 is 5.73 Å². The molecule has 1 aliphatic heterocycles. The number of nitrogens with two attached hydrogens (primary N) is 1. The summed E-state index contributed by atoms with van der Waals surface area (Å²) in [6.45, 7) is 1.16. The number of halogens is 3. The van der Waals surface area contributed by atoms with Crippen molar-refractivity contribution in [1.29, 1.82) is 0 Å². The average molecular weight is 343 g/mol. The highest BCUT2D eigenvalue weighted by atomic mass is 35.5. The second kappa shape index (κ2) is 7.55. The lowest BCUT2D eigenvalue weighted by Crippen LogP contribution is -2.43. The maximum Gasteiger partial charge on any atom is 0.240 e. The zero-order valence-corrected chi connectivity index (χ0v) is 13.2. The van der Waals surface area contributed by atoms with E-state index in [0.29, 0.717) is 29.1 Å². The summed E-state index contributed by atoms with van der Waals surface area (Å²) in [6.07, 6.45) is 0. The van der Waals surface area contributed by atoms with E-state index in [0.717, 1.165) is 11.3 Å². The molecular formula is C11H14Cl3N3OS. The highest BCUT2D eigenvalue weighted by Gasteiger charge is 2.24. The zero-order chi connectivity index (χ0) is 13.1. The summed E-state index contributed by atoms with van der Waals surface area (Å²) in [5.41, 5.74) is 6.67. The van der Waals surface area contributed by atoms with Crippen molar-refractivity contribution in [3.8, 4) is 0 Å². The Morgan fingerprint density at radius 1 is 1.42 bits per heavy atom. The van der Waals surface area contributed by atoms with Crippen molar-refractivity contribution in [3.63, 3.8) is 0 Å². The normalized spacial score (nSPS) is 19.8. The minimum absolute atomic E-state index is 0. The minimum atomic E-state index is -0.426. The number of carbonyl (C=O) groups excluding carboxylic acids is 1. The van der Waals surface area contributed by atoms with Gasteiger partial charge in [-0.2, -0.15) is 11.8 Å². The van der Waals surface area contributed by atoms with Crippen molar-refractivity contribution in [2.75, 3.05) is 18.1 Å². The molecule has 1 aliphatic rings. The number of aromatic nitrogens is 1. The maximum atomic E-state index is 12.0. The average Bonchev–Trinajstić information content (AvgIpc) is 2.43. The van der Waals surface area contributed by atoms with E-state index in [9.17, 15) is 4.79 Å². The SMILES string of the molecule is Cl.NC1CSCCN(Cc2cc(Cl)nc(Cl)c2)C1=O. The van der Waals surface area contributed by atoms with E-state index in [4.69, 9.17) is 28.9 Å². The summed E-state index contributed by atoms with van der Waals surface area (Å²) < 4.78 is 0. The molecule has 0 spiro atoms. The predicted octanol–water partition coefficient (Wildman–Crippen LogP) is 2.21. The first-order valence-corrected chi connectivity index (χ1v) is 7.41. The smallest absolute Gasteiger partial charge is 0.240 e. The topological polar surface area (TPSA) is 59.2 Å². The summed E-state index contributed by atoms with van der Waals surface area (Å²) in [5, 5.41) is 0.664. The van der Waals surface area contributed by atoms with Gasteiger partial charge in [0, 0.05) is 24.6 Å². The number of hydrogen-bond acceptors (Lipinski definition) is 4. The Balaban J connectivity index is 0.00000180. The van der Waals surface area contributed by atoms with Crippen molar-refractivity contribution >= 4 is 53.3 Å². The van der Waals surface area contributed by atoms with Gasteiger partial charge in [0.25, 0.3) is 0 Å². The van der Waals surface area contributed by atoms with Crippen LogP contribution in [0.2, 0.25) is 10.3 Å². The van der Waals surface area contributed by atoms with Gasteiger partial charge < -0.3 is 10.6 Å². The summed E-state index contributed by atoms with van der Waals surface area (Å²) in [7, 11) is 0. The third kappa shape index (κ3) is 4.68. The van der Waals surface area contributed by atoms with Crippen LogP contribution >= 0.6 is 47.4 Å². The summed E-state index contributed by atoms with van der Waals surface area (Å²) in [5.74, 6) is 1.54. The van der Waals surface area contributed by atoms with Gasteiger partial charge in [-0.05, 0) is 17.7 Å². The van der Waals surface area contributed by atoms with Crippen LogP contribution in [0, 0.1) is 0 Å². The molecule has 1 atom stereocenters. The van der Waals surface area contributed by atoms with Gasteiger partial charge in [0.15, 0.2) is 0 Å². The maximum absolute atomic E-state index is 12.0. The number of carbonyl (C=O) groups is 1. The number of hydrogen-bond donors (Lipinski definition) is 1. The Kier molecular flexibility index (Phi) is 6.69. The Morgan fingerprint density at radius 2 is 2.05 bits per heavy atom. The second-order valence-corrected chi connectivity index (χ2v) is 5.99. The first kappa shape index (κ1) is 16.9. The molecule has 1 aromatic heterocycles. The quantitative estimate of drug-likeness (QED) is 0.837. The molecule has 1 unspecified atom stereocenters. The van der Waals surface area contributed by atoms with Crippen LogP contribution in [0.1, 0.15) is 5.56 Å². The molecular weight excluding hydrogens is 329 g/mol. The lowest BCUT2D eigenvalue weighted by molar-refractivity contribution is -0.132. The first-order chi connectivity index (χ1) is 8.56. The Bertz CT molecular complexity index is 441. The van der Waals surface area contributed by atoms with Crippen molar-refractivity contribution < 1.29 is 4.79 Å². The molecule has 1 fully saturated rings. The number of nitrogens with zero attached hydrogens (tertiary/aromatic N) is 2. The lowest BCUT2D eigenvalue weighted by atomic mass is 10.2. The minimum Gasteiger partial charge on any atom is -0.336 e. The van der Waals surface area contributed by atoms with Gasteiger partial charge in [0.2, 0.25) is 5.91 Å². The molecule has 2 N–H and O–H groups in total. The zero-order valence-electron chi connectivity index (χ0n) is 10.0. The van der Waals surface area contributed by atoms with Gasteiger partial charge in [0.05, 0.1) is 6.04 Å². The molecule has 2 heterocycles. The number of thioether (sulfide) groups is 1. The fourth-order valence-electron chi connectivity index (χ4n) is 1.78. The van der Waals surface area contributed by atoms with Gasteiger partial charge >= 0.3 is 0 Å². The van der Waals surface area contributed by atoms with E-state index in [2.05, 4.69) is 4.98 Å². The monoisotopic (exact) mass is 341 g/mol. The van der Waals surface area contributed by atoms with Crippen LogP contribution in [0.15, 0.2) is 12.1 Å². The molecule has 0 radical (unpaired) electrons. The molecule has 0 aromatic carbocycles. The van der Waals surface area contributed by atoms with Gasteiger partial charge in [-0.3, -0.25) is 4.79 Å². The third-order valence-electron chi connectivity index (χ3n) is 2.63. The molecule has 19 heavy (non-hydrogen) atoms. The standard InChI is InChI=1S/C11H13Cl2N3OS.ClH/c12-9-3-7(4-10(13)15-9)5-16-1-2-18-6-8(14)11(16)17;/h3-4,8H,1-2,5-6,14H2;1H. The van der Waals surface area contributed by atoms with Gasteiger partial charge in [-0.25, -0.2) is 4.98 Å². The third-order valence-corrected chi connectivity index (χ3v) is 4.08. The molecule has 4 nitrogen and oxygen atoms in total. The molecule has 2 rings (SSSR count). The van der Waals surface area contributed by atoms with Crippen LogP contribution in [0.3, 0.4) is 0 Å². The van der Waals surface area contributed by atoms with E-state index in [1.165, 1.54) is 0 Å². The van der Waals surface area contributed by atoms with Crippen molar-refractivity contribution in [1.82, 2.24) is 9.88 Å². The molecule has 0 aliphatic carbocycles. The first-order valence-electron chi connectivity index (χ1n) is 5.50. The summed E-state index contributed by atoms with van der Waals surface area (Å²) in [4.78, 5) is 17.6. The molecule has 0 saturated carbocycles. The molecule has 1 saturated heterocycles. The van der Waals surface area contributed by atoms with Gasteiger partial charge in [0.1, 0.15) is 10.3 Å². The number of rotatable bonds is 2. The van der Waals surface area contributed by atoms with Crippen LogP contribution in [0.4, 0.5) is 0 Å². The van der Waals surface area contributed by atoms with Gasteiger partial charge in [-0.15, -0.1) is 12.4 Å². The molecule has 8 heteroatoms. The van der Waals surface area contributed by atoms with E-state index < -0.39 is 6.04 Å². The van der Waals surface area contributed by atoms with Crippen molar-refractivity contribution in [2.45, 2.75) is 12.6 Å². The van der Waals surface area contributed by atoms with Crippen molar-refractivity contribution in [3.05, 3.63) is 28.0 Å². The fourth-order valence-corrected chi connectivity index (χ4v) is 3.20. The molecule has 1 aromatic rings. The Labute approximate surface area is 132 Å². The molecule has 1 amide bonds. The summed E-state index contributed by atoms with van der Waals surface area (Å²) in [6, 6.07) is 3.00. The largest absolute Gasteiger partial charge is 0.336 e. The van der Waals surface area contributed by atoms with E-state index in [-0.39, 0.29) is 18.3 Å². The van der Waals surface area contributed by atoms with Crippen LogP contribution in [-0.4, -0.2) is 39.9 Å². The predicted molar refractivity (Wildman–Crippen MR) is 82.2 cm³/mol. The second-order valence-electron chi connectivity index (χ2n) is 4.06. The lowest BCUT2D eigenvalue weighted by Gasteiger charge is -2.22. The molecule has 106 valence electrons. The van der Waals surface area contributed by atoms with Crippen LogP contribution in [-0.2, 0) is 11.3 Å². The fraction of sp³-hybridized carbons (Fsp3) is 0.455. The van der Waals surface area contributed by atoms with E-state index >= 15 is 0 Å². The highest BCUT2D eigenvalue weighted by molar-refractivity contribution is 7.99. The van der Waals surface area contributed by atoms with Crippen molar-refractivity contribution in [2.24, 2.45) is 5.73 Å². The molecule has 0 bridgehead atoms. The van der Waals surface area contributed by atoms with E-state index in [1.807, 2.05) is 0 Å². The Hall–Kier alpha value is -0.200. The number of pyridine rings is 1. The Morgan fingerprint density at radius 3 is 2.68 bits per heavy atom. The highest BCUT2D eigenvalue weighted by Crippen LogP contribution is 2.18. The van der Waals surface area contributed by atoms with Crippen LogP contribution in [0.25, 0.3) is 0 Å². The number of amides is 1. The van der Waals surface area contributed by atoms with Crippen LogP contribution in [0.5, 0.6) is 0 Å². The van der Waals surface area contributed by atoms with Gasteiger partial charge in [-0.1, -0.05) is 23.2 Å². The van der Waals surface area contributed by atoms with E-state index in [1.54, 1.807) is 28.8 Å².